The molecule has 3 rings (SSSR count). The number of thiophene rings is 1. The number of hydrogen-bond donors (Lipinski definition) is 2. The molecule has 2 aromatic heterocycles. The Balaban J connectivity index is 1.48. The molecule has 150 valence electrons. The van der Waals surface area contributed by atoms with Crippen LogP contribution in [-0.4, -0.2) is 29.1 Å². The highest BCUT2D eigenvalue weighted by Crippen LogP contribution is 2.35. The van der Waals surface area contributed by atoms with Crippen molar-refractivity contribution in [3.63, 3.8) is 0 Å². The predicted molar refractivity (Wildman–Crippen MR) is 117 cm³/mol. The van der Waals surface area contributed by atoms with Gasteiger partial charge in [-0.05, 0) is 60.5 Å². The van der Waals surface area contributed by atoms with Crippen molar-refractivity contribution in [2.75, 3.05) is 13.2 Å². The topological polar surface area (TPSA) is 71.5 Å². The van der Waals surface area contributed by atoms with Gasteiger partial charge < -0.3 is 15.2 Å². The Labute approximate surface area is 178 Å². The Morgan fingerprint density at radius 3 is 2.90 bits per heavy atom. The molecule has 0 aliphatic carbocycles. The van der Waals surface area contributed by atoms with Crippen LogP contribution in [0.15, 0.2) is 60.9 Å². The summed E-state index contributed by atoms with van der Waals surface area (Å²) in [6.45, 7) is 2.40. The van der Waals surface area contributed by atoms with E-state index < -0.39 is 6.10 Å². The molecule has 7 heteroatoms. The molecule has 5 nitrogen and oxygen atoms in total. The van der Waals surface area contributed by atoms with E-state index >= 15 is 0 Å². The quantitative estimate of drug-likeness (QED) is 0.402. The lowest BCUT2D eigenvalue weighted by atomic mass is 10.2. The molecule has 0 aliphatic heterocycles. The minimum atomic E-state index is -0.485. The number of aromatic nitrogens is 1. The zero-order chi connectivity index (χ0) is 20.6. The van der Waals surface area contributed by atoms with Gasteiger partial charge in [-0.25, -0.2) is 0 Å². The summed E-state index contributed by atoms with van der Waals surface area (Å²) in [4.78, 5) is 17.8. The zero-order valence-electron chi connectivity index (χ0n) is 15.8. The summed E-state index contributed by atoms with van der Waals surface area (Å²) in [5.74, 6) is 0.355. The third kappa shape index (κ3) is 6.15. The molecule has 1 unspecified atom stereocenters. The SMILES string of the molecule is CC(O)c1ccc(-c2ccc(OCCNC(=O)C=Cc3cccnc3)c(Cl)c2)s1. The molecule has 0 spiro atoms. The number of carbonyl (C=O) groups excluding carboxylic acids is 1. The van der Waals surface area contributed by atoms with Crippen molar-refractivity contribution in [2.24, 2.45) is 0 Å². The highest BCUT2D eigenvalue weighted by Gasteiger charge is 2.09. The van der Waals surface area contributed by atoms with Gasteiger partial charge in [-0.15, -0.1) is 11.3 Å². The standard InChI is InChI=1S/C22H21ClN2O3S/c1-15(26)20-7-8-21(29-20)17-5-6-19(18(23)13-17)28-12-11-25-22(27)9-4-16-3-2-10-24-14-16/h2-10,13-15,26H,11-12H2,1H3,(H,25,27). The van der Waals surface area contributed by atoms with Crippen LogP contribution in [0.25, 0.3) is 16.5 Å². The number of carbonyl (C=O) groups is 1. The van der Waals surface area contributed by atoms with E-state index in [0.29, 0.717) is 23.9 Å². The summed E-state index contributed by atoms with van der Waals surface area (Å²) >= 11 is 7.86. The summed E-state index contributed by atoms with van der Waals surface area (Å²) in [5, 5.41) is 12.9. The molecular weight excluding hydrogens is 408 g/mol. The molecule has 2 heterocycles. The Kier molecular flexibility index (Phi) is 7.41. The first-order valence-electron chi connectivity index (χ1n) is 9.09. The van der Waals surface area contributed by atoms with Gasteiger partial charge in [0.05, 0.1) is 17.7 Å². The maximum Gasteiger partial charge on any atom is 0.244 e. The molecule has 1 amide bonds. The second-order valence-corrected chi connectivity index (χ2v) is 7.80. The van der Waals surface area contributed by atoms with Crippen LogP contribution in [0.2, 0.25) is 5.02 Å². The lowest BCUT2D eigenvalue weighted by Gasteiger charge is -2.09. The molecule has 1 aromatic carbocycles. The van der Waals surface area contributed by atoms with Crippen molar-refractivity contribution in [3.8, 4) is 16.2 Å². The fourth-order valence-corrected chi connectivity index (χ4v) is 3.72. The first-order valence-corrected chi connectivity index (χ1v) is 10.3. The van der Waals surface area contributed by atoms with E-state index in [4.69, 9.17) is 16.3 Å². The molecule has 0 fully saturated rings. The molecule has 2 N–H and O–H groups in total. The van der Waals surface area contributed by atoms with Crippen LogP contribution in [0.4, 0.5) is 0 Å². The van der Waals surface area contributed by atoms with Gasteiger partial charge in [0.1, 0.15) is 12.4 Å². The number of aliphatic hydroxyl groups excluding tert-OH is 1. The number of benzene rings is 1. The van der Waals surface area contributed by atoms with Crippen LogP contribution in [0.5, 0.6) is 5.75 Å². The van der Waals surface area contributed by atoms with E-state index in [0.717, 1.165) is 20.9 Å². The number of amides is 1. The van der Waals surface area contributed by atoms with Crippen LogP contribution >= 0.6 is 22.9 Å². The van der Waals surface area contributed by atoms with Gasteiger partial charge in [0.25, 0.3) is 0 Å². The summed E-state index contributed by atoms with van der Waals surface area (Å²) in [6, 6.07) is 13.1. The van der Waals surface area contributed by atoms with E-state index in [1.165, 1.54) is 17.4 Å². The lowest BCUT2D eigenvalue weighted by Crippen LogP contribution is -2.26. The van der Waals surface area contributed by atoms with Crippen LogP contribution in [0.1, 0.15) is 23.5 Å². The normalized spacial score (nSPS) is 12.1. The van der Waals surface area contributed by atoms with Crippen LogP contribution in [0.3, 0.4) is 0 Å². The van der Waals surface area contributed by atoms with Crippen LogP contribution in [-0.2, 0) is 4.79 Å². The number of pyridine rings is 1. The van der Waals surface area contributed by atoms with Gasteiger partial charge in [0.2, 0.25) is 5.91 Å². The molecular formula is C22H21ClN2O3S. The number of aliphatic hydroxyl groups is 1. The second-order valence-electron chi connectivity index (χ2n) is 6.28. The molecule has 29 heavy (non-hydrogen) atoms. The fourth-order valence-electron chi connectivity index (χ4n) is 2.54. The summed E-state index contributed by atoms with van der Waals surface area (Å²) in [6.07, 6.45) is 6.04. The largest absolute Gasteiger partial charge is 0.490 e. The first-order chi connectivity index (χ1) is 14.0. The van der Waals surface area contributed by atoms with E-state index in [1.54, 1.807) is 25.4 Å². The van der Waals surface area contributed by atoms with Gasteiger partial charge >= 0.3 is 0 Å². The number of nitrogens with zero attached hydrogens (tertiary/aromatic N) is 1. The fraction of sp³-hybridized carbons (Fsp3) is 0.182. The van der Waals surface area contributed by atoms with Crippen molar-refractivity contribution in [1.29, 1.82) is 0 Å². The molecule has 0 bridgehead atoms. The highest BCUT2D eigenvalue weighted by molar-refractivity contribution is 7.15. The molecule has 0 aliphatic rings. The van der Waals surface area contributed by atoms with E-state index in [9.17, 15) is 9.90 Å². The molecule has 0 saturated heterocycles. The minimum absolute atomic E-state index is 0.203. The second kappa shape index (κ2) is 10.2. The van der Waals surface area contributed by atoms with Crippen molar-refractivity contribution in [1.82, 2.24) is 10.3 Å². The Morgan fingerprint density at radius 2 is 2.21 bits per heavy atom. The number of halogens is 1. The third-order valence-electron chi connectivity index (χ3n) is 4.03. The monoisotopic (exact) mass is 428 g/mol. The third-order valence-corrected chi connectivity index (χ3v) is 5.63. The maximum atomic E-state index is 11.8. The lowest BCUT2D eigenvalue weighted by molar-refractivity contribution is -0.116. The Morgan fingerprint density at radius 1 is 1.34 bits per heavy atom. The molecule has 0 saturated carbocycles. The van der Waals surface area contributed by atoms with Gasteiger partial charge in [0.15, 0.2) is 0 Å². The van der Waals surface area contributed by atoms with E-state index in [2.05, 4.69) is 10.3 Å². The van der Waals surface area contributed by atoms with Crippen molar-refractivity contribution < 1.29 is 14.6 Å². The van der Waals surface area contributed by atoms with E-state index in [1.807, 2.05) is 42.5 Å². The van der Waals surface area contributed by atoms with E-state index in [-0.39, 0.29) is 5.91 Å². The van der Waals surface area contributed by atoms with Crippen LogP contribution in [0, 0.1) is 0 Å². The van der Waals surface area contributed by atoms with Gasteiger partial charge in [0, 0.05) is 28.2 Å². The van der Waals surface area contributed by atoms with Gasteiger partial charge in [-0.2, -0.15) is 0 Å². The molecule has 0 radical (unpaired) electrons. The van der Waals surface area contributed by atoms with Crippen molar-refractivity contribution in [3.05, 3.63) is 76.4 Å². The highest BCUT2D eigenvalue weighted by atomic mass is 35.5. The van der Waals surface area contributed by atoms with Gasteiger partial charge in [-0.1, -0.05) is 17.7 Å². The van der Waals surface area contributed by atoms with Gasteiger partial charge in [-0.3, -0.25) is 9.78 Å². The first kappa shape index (κ1) is 21.0. The molecule has 1 atom stereocenters. The summed E-state index contributed by atoms with van der Waals surface area (Å²) < 4.78 is 5.67. The average molecular weight is 429 g/mol. The average Bonchev–Trinajstić information content (AvgIpc) is 3.22. The number of hydrogen-bond acceptors (Lipinski definition) is 5. The minimum Gasteiger partial charge on any atom is -0.490 e. The predicted octanol–water partition coefficient (Wildman–Crippen LogP) is 4.73. The smallest absolute Gasteiger partial charge is 0.244 e. The maximum absolute atomic E-state index is 11.8. The van der Waals surface area contributed by atoms with Crippen molar-refractivity contribution in [2.45, 2.75) is 13.0 Å². The Hall–Kier alpha value is -2.67. The number of rotatable bonds is 8. The molecule has 3 aromatic rings. The van der Waals surface area contributed by atoms with Crippen LogP contribution < -0.4 is 10.1 Å². The number of nitrogens with one attached hydrogen (secondary N) is 1. The summed E-state index contributed by atoms with van der Waals surface area (Å²) in [7, 11) is 0. The van der Waals surface area contributed by atoms with Crippen molar-refractivity contribution >= 4 is 34.9 Å². The summed E-state index contributed by atoms with van der Waals surface area (Å²) in [5.41, 5.74) is 1.82. The Bertz CT molecular complexity index is 987. The number of ether oxygens (including phenoxy) is 1. The zero-order valence-corrected chi connectivity index (χ0v) is 17.4.